The van der Waals surface area contributed by atoms with Gasteiger partial charge in [0.1, 0.15) is 0 Å². The van der Waals surface area contributed by atoms with Crippen LogP contribution in [-0.2, 0) is 0 Å². The van der Waals surface area contributed by atoms with Gasteiger partial charge in [-0.25, -0.2) is 4.98 Å². The molecule has 1 heterocycles. The summed E-state index contributed by atoms with van der Waals surface area (Å²) >= 11 is 0. The van der Waals surface area contributed by atoms with E-state index in [1.807, 2.05) is 24.3 Å². The minimum atomic E-state index is 0.390. The van der Waals surface area contributed by atoms with Crippen LogP contribution in [0.15, 0.2) is 36.5 Å². The predicted molar refractivity (Wildman–Crippen MR) is 50.3 cm³/mol. The summed E-state index contributed by atoms with van der Waals surface area (Å²) in [6, 6.07) is 9.58. The SMILES string of the molecule is O[B]Oc1cc2ccccc2cn1. The van der Waals surface area contributed by atoms with E-state index in [2.05, 4.69) is 4.98 Å². The van der Waals surface area contributed by atoms with Crippen LogP contribution >= 0.6 is 0 Å². The lowest BCUT2D eigenvalue weighted by molar-refractivity contribution is 0.444. The Morgan fingerprint density at radius 3 is 2.77 bits per heavy atom. The third-order valence-electron chi connectivity index (χ3n) is 1.78. The molecule has 0 saturated carbocycles. The lowest BCUT2D eigenvalue weighted by Gasteiger charge is -2.01. The summed E-state index contributed by atoms with van der Waals surface area (Å²) in [5, 5.41) is 10.5. The first-order valence-electron chi connectivity index (χ1n) is 3.87. The van der Waals surface area contributed by atoms with Crippen LogP contribution in [0.1, 0.15) is 0 Å². The van der Waals surface area contributed by atoms with Crippen molar-refractivity contribution in [3.8, 4) is 5.88 Å². The Kier molecular flexibility index (Phi) is 2.14. The van der Waals surface area contributed by atoms with Crippen molar-refractivity contribution >= 4 is 18.5 Å². The summed E-state index contributed by atoms with van der Waals surface area (Å²) in [4.78, 5) is 3.98. The number of nitrogens with zero attached hydrogens (tertiary/aromatic N) is 1. The maximum absolute atomic E-state index is 8.40. The minimum Gasteiger partial charge on any atom is -0.523 e. The maximum atomic E-state index is 8.40. The highest BCUT2D eigenvalue weighted by Gasteiger charge is 1.97. The van der Waals surface area contributed by atoms with E-state index in [0.29, 0.717) is 13.6 Å². The van der Waals surface area contributed by atoms with Crippen LogP contribution in [0.25, 0.3) is 10.8 Å². The molecule has 0 bridgehead atoms. The number of pyridine rings is 1. The van der Waals surface area contributed by atoms with Crippen LogP contribution in [0, 0.1) is 0 Å². The Morgan fingerprint density at radius 2 is 2.00 bits per heavy atom. The molecule has 3 nitrogen and oxygen atoms in total. The second-order valence-corrected chi connectivity index (χ2v) is 2.59. The first-order valence-corrected chi connectivity index (χ1v) is 3.87. The molecule has 0 atom stereocenters. The van der Waals surface area contributed by atoms with E-state index in [0.717, 1.165) is 10.8 Å². The van der Waals surface area contributed by atoms with Gasteiger partial charge in [-0.05, 0) is 5.39 Å². The van der Waals surface area contributed by atoms with E-state index in [-0.39, 0.29) is 0 Å². The van der Waals surface area contributed by atoms with Crippen LogP contribution in [0.3, 0.4) is 0 Å². The third kappa shape index (κ3) is 1.62. The molecule has 0 aliphatic heterocycles. The van der Waals surface area contributed by atoms with E-state index in [1.54, 1.807) is 12.3 Å². The molecule has 13 heavy (non-hydrogen) atoms. The van der Waals surface area contributed by atoms with Crippen molar-refractivity contribution in [2.75, 3.05) is 0 Å². The standard InChI is InChI=1S/C9H7BNO2/c12-10-13-9-5-7-3-1-2-4-8(7)6-11-9/h1-6,12H. The summed E-state index contributed by atoms with van der Waals surface area (Å²) in [5.41, 5.74) is 0. The van der Waals surface area contributed by atoms with Gasteiger partial charge in [0, 0.05) is 17.6 Å². The van der Waals surface area contributed by atoms with Gasteiger partial charge in [-0.15, -0.1) is 0 Å². The maximum Gasteiger partial charge on any atom is 0.570 e. The highest BCUT2D eigenvalue weighted by Crippen LogP contribution is 2.16. The zero-order valence-electron chi connectivity index (χ0n) is 6.84. The van der Waals surface area contributed by atoms with E-state index < -0.39 is 0 Å². The minimum absolute atomic E-state index is 0.390. The van der Waals surface area contributed by atoms with Gasteiger partial charge in [0.15, 0.2) is 5.88 Å². The summed E-state index contributed by atoms with van der Waals surface area (Å²) in [6.07, 6.45) is 1.70. The molecule has 0 amide bonds. The number of benzene rings is 1. The molecule has 1 aromatic carbocycles. The lowest BCUT2D eigenvalue weighted by atomic mass is 10.2. The number of hydrogen-bond donors (Lipinski definition) is 1. The van der Waals surface area contributed by atoms with Crippen molar-refractivity contribution in [2.45, 2.75) is 0 Å². The Bertz CT molecular complexity index is 419. The third-order valence-corrected chi connectivity index (χ3v) is 1.78. The highest BCUT2D eigenvalue weighted by atomic mass is 16.5. The normalized spacial score (nSPS) is 9.92. The van der Waals surface area contributed by atoms with Gasteiger partial charge in [0.25, 0.3) is 0 Å². The summed E-state index contributed by atoms with van der Waals surface area (Å²) < 4.78 is 4.73. The average molecular weight is 172 g/mol. The number of rotatable bonds is 2. The Labute approximate surface area is 76.3 Å². The summed E-state index contributed by atoms with van der Waals surface area (Å²) in [5.74, 6) is 0.390. The molecule has 0 aliphatic rings. The molecule has 4 heteroatoms. The van der Waals surface area contributed by atoms with Gasteiger partial charge in [-0.1, -0.05) is 24.3 Å². The molecular formula is C9H7BNO2. The largest absolute Gasteiger partial charge is 0.570 e. The summed E-state index contributed by atoms with van der Waals surface area (Å²) in [6.45, 7) is 0. The molecule has 1 N–H and O–H groups in total. The van der Waals surface area contributed by atoms with Crippen molar-refractivity contribution in [3.05, 3.63) is 36.5 Å². The molecule has 2 rings (SSSR count). The van der Waals surface area contributed by atoms with Crippen LogP contribution < -0.4 is 4.65 Å². The average Bonchev–Trinajstić information content (AvgIpc) is 2.18. The molecule has 0 saturated heterocycles. The van der Waals surface area contributed by atoms with E-state index in [1.165, 1.54) is 0 Å². The second kappa shape index (κ2) is 3.45. The molecule has 0 fully saturated rings. The van der Waals surface area contributed by atoms with Crippen molar-refractivity contribution in [1.82, 2.24) is 4.98 Å². The molecule has 0 spiro atoms. The Balaban J connectivity index is 2.49. The van der Waals surface area contributed by atoms with E-state index >= 15 is 0 Å². The second-order valence-electron chi connectivity index (χ2n) is 2.59. The summed E-state index contributed by atoms with van der Waals surface area (Å²) in [7, 11) is 0.622. The lowest BCUT2D eigenvalue weighted by Crippen LogP contribution is -2.01. The van der Waals surface area contributed by atoms with Crippen molar-refractivity contribution in [3.63, 3.8) is 0 Å². The highest BCUT2D eigenvalue weighted by molar-refractivity contribution is 6.17. The topological polar surface area (TPSA) is 42.4 Å². The fourth-order valence-electron chi connectivity index (χ4n) is 1.18. The van der Waals surface area contributed by atoms with Gasteiger partial charge in [0.05, 0.1) is 0 Å². The first kappa shape index (κ1) is 8.07. The Hall–Kier alpha value is -1.55. The van der Waals surface area contributed by atoms with Gasteiger partial charge in [-0.3, -0.25) is 0 Å². The number of fused-ring (bicyclic) bond motifs is 1. The Morgan fingerprint density at radius 1 is 1.23 bits per heavy atom. The smallest absolute Gasteiger partial charge is 0.523 e. The van der Waals surface area contributed by atoms with Crippen molar-refractivity contribution in [1.29, 1.82) is 0 Å². The number of aromatic nitrogens is 1. The molecule has 0 unspecified atom stereocenters. The predicted octanol–water partition coefficient (Wildman–Crippen LogP) is 1.14. The van der Waals surface area contributed by atoms with Gasteiger partial charge < -0.3 is 9.68 Å². The molecular weight excluding hydrogens is 165 g/mol. The van der Waals surface area contributed by atoms with Crippen LogP contribution in [-0.4, -0.2) is 17.7 Å². The van der Waals surface area contributed by atoms with E-state index in [9.17, 15) is 0 Å². The molecule has 1 radical (unpaired) electrons. The molecule has 1 aromatic heterocycles. The zero-order valence-corrected chi connectivity index (χ0v) is 6.84. The zero-order chi connectivity index (χ0) is 9.10. The quantitative estimate of drug-likeness (QED) is 0.690. The van der Waals surface area contributed by atoms with E-state index in [4.69, 9.17) is 9.68 Å². The monoisotopic (exact) mass is 172 g/mol. The van der Waals surface area contributed by atoms with Gasteiger partial charge in [-0.2, -0.15) is 0 Å². The van der Waals surface area contributed by atoms with Crippen LogP contribution in [0.5, 0.6) is 5.88 Å². The fourth-order valence-corrected chi connectivity index (χ4v) is 1.18. The fraction of sp³-hybridized carbons (Fsp3) is 0. The molecule has 2 aromatic rings. The first-order chi connectivity index (χ1) is 6.40. The number of hydrogen-bond acceptors (Lipinski definition) is 3. The molecule has 63 valence electrons. The molecule has 0 aliphatic carbocycles. The van der Waals surface area contributed by atoms with Crippen molar-refractivity contribution < 1.29 is 9.68 Å². The van der Waals surface area contributed by atoms with Crippen molar-refractivity contribution in [2.24, 2.45) is 0 Å². The van der Waals surface area contributed by atoms with Crippen LogP contribution in [0.2, 0.25) is 0 Å². The van der Waals surface area contributed by atoms with Crippen LogP contribution in [0.4, 0.5) is 0 Å². The van der Waals surface area contributed by atoms with Gasteiger partial charge in [0.2, 0.25) is 0 Å². The van der Waals surface area contributed by atoms with Gasteiger partial charge >= 0.3 is 7.69 Å².